The lowest BCUT2D eigenvalue weighted by molar-refractivity contribution is 0.0758. The molecule has 2 nitrogen and oxygen atoms in total. The van der Waals surface area contributed by atoms with Crippen LogP contribution < -0.4 is 0 Å². The number of halogens is 1. The zero-order valence-corrected chi connectivity index (χ0v) is 11.6. The summed E-state index contributed by atoms with van der Waals surface area (Å²) in [6.07, 6.45) is 2.25. The lowest BCUT2D eigenvalue weighted by Gasteiger charge is -2.20. The van der Waals surface area contributed by atoms with Crippen molar-refractivity contribution in [2.45, 2.75) is 18.9 Å². The molecule has 2 aromatic heterocycles. The number of hydrogen-bond acceptors (Lipinski definition) is 3. The van der Waals surface area contributed by atoms with Gasteiger partial charge < -0.3 is 4.90 Å². The first-order valence-corrected chi connectivity index (χ1v) is 7.86. The van der Waals surface area contributed by atoms with Crippen molar-refractivity contribution >= 4 is 49.6 Å². The average Bonchev–Trinajstić information content (AvgIpc) is 2.91. The third kappa shape index (κ3) is 2.21. The van der Waals surface area contributed by atoms with E-state index in [1.165, 1.54) is 9.40 Å². The van der Waals surface area contributed by atoms with Gasteiger partial charge in [0.2, 0.25) is 0 Å². The van der Waals surface area contributed by atoms with Crippen molar-refractivity contribution in [1.82, 2.24) is 4.90 Å². The van der Waals surface area contributed by atoms with Crippen LogP contribution in [-0.4, -0.2) is 29.3 Å². The Hall–Kier alpha value is -0.580. The molecule has 0 bridgehead atoms. The Kier molecular flexibility index (Phi) is 3.11. The van der Waals surface area contributed by atoms with Gasteiger partial charge in [-0.3, -0.25) is 4.79 Å². The average molecular weight is 286 g/mol. The first kappa shape index (κ1) is 11.5. The standard InChI is InChI=1S/C12H12ClNOS2/c13-4-5-14(8-1-2-8)12(15)11-7-10-9(17-11)3-6-16-10/h3,6-8H,1-2,4-5H2. The second kappa shape index (κ2) is 4.59. The minimum absolute atomic E-state index is 0.154. The van der Waals surface area contributed by atoms with E-state index in [1.54, 1.807) is 22.7 Å². The first-order chi connectivity index (χ1) is 8.29. The third-order valence-corrected chi connectivity index (χ3v) is 5.17. The van der Waals surface area contributed by atoms with Crippen LogP contribution in [0.3, 0.4) is 0 Å². The van der Waals surface area contributed by atoms with Crippen LogP contribution in [0.25, 0.3) is 9.40 Å². The van der Waals surface area contributed by atoms with Crippen LogP contribution in [0, 0.1) is 0 Å². The Labute approximate surface area is 113 Å². The maximum atomic E-state index is 12.4. The van der Waals surface area contributed by atoms with Gasteiger partial charge in [0, 0.05) is 27.9 Å². The molecule has 0 saturated heterocycles. The minimum atomic E-state index is 0.154. The Balaban J connectivity index is 1.86. The third-order valence-electron chi connectivity index (χ3n) is 2.92. The zero-order valence-electron chi connectivity index (χ0n) is 9.19. The zero-order chi connectivity index (χ0) is 11.8. The van der Waals surface area contributed by atoms with Crippen LogP contribution in [0.1, 0.15) is 22.5 Å². The molecule has 1 fully saturated rings. The molecule has 3 rings (SSSR count). The largest absolute Gasteiger partial charge is 0.334 e. The van der Waals surface area contributed by atoms with Gasteiger partial charge in [-0.25, -0.2) is 0 Å². The Morgan fingerprint density at radius 1 is 1.47 bits per heavy atom. The van der Waals surface area contributed by atoms with E-state index < -0.39 is 0 Å². The fraction of sp³-hybridized carbons (Fsp3) is 0.417. The smallest absolute Gasteiger partial charge is 0.264 e. The van der Waals surface area contributed by atoms with E-state index in [9.17, 15) is 4.79 Å². The molecule has 5 heteroatoms. The van der Waals surface area contributed by atoms with E-state index in [0.29, 0.717) is 18.5 Å². The van der Waals surface area contributed by atoms with E-state index >= 15 is 0 Å². The topological polar surface area (TPSA) is 20.3 Å². The Morgan fingerprint density at radius 3 is 2.94 bits per heavy atom. The minimum Gasteiger partial charge on any atom is -0.334 e. The second-order valence-corrected chi connectivity index (χ2v) is 6.59. The molecule has 90 valence electrons. The number of amides is 1. The molecule has 0 aliphatic heterocycles. The summed E-state index contributed by atoms with van der Waals surface area (Å²) in [5.41, 5.74) is 0. The van der Waals surface area contributed by atoms with E-state index in [0.717, 1.165) is 17.7 Å². The molecule has 0 aromatic carbocycles. The summed E-state index contributed by atoms with van der Waals surface area (Å²) in [5, 5.41) is 2.06. The molecule has 2 heterocycles. The maximum absolute atomic E-state index is 12.4. The highest BCUT2D eigenvalue weighted by Gasteiger charge is 2.33. The Morgan fingerprint density at radius 2 is 2.29 bits per heavy atom. The molecule has 0 spiro atoms. The van der Waals surface area contributed by atoms with Gasteiger partial charge in [0.1, 0.15) is 0 Å². The summed E-state index contributed by atoms with van der Waals surface area (Å²) in [5.74, 6) is 0.670. The molecule has 2 aromatic rings. The van der Waals surface area contributed by atoms with Crippen LogP contribution >= 0.6 is 34.3 Å². The van der Waals surface area contributed by atoms with E-state index in [-0.39, 0.29) is 5.91 Å². The number of nitrogens with zero attached hydrogens (tertiary/aromatic N) is 1. The van der Waals surface area contributed by atoms with E-state index in [2.05, 4.69) is 11.4 Å². The van der Waals surface area contributed by atoms with Gasteiger partial charge in [0.05, 0.1) is 4.88 Å². The summed E-state index contributed by atoms with van der Waals surface area (Å²) in [6, 6.07) is 4.52. The highest BCUT2D eigenvalue weighted by molar-refractivity contribution is 7.27. The SMILES string of the molecule is O=C(c1cc2sccc2s1)N(CCCl)C1CC1. The summed E-state index contributed by atoms with van der Waals surface area (Å²) in [7, 11) is 0. The quantitative estimate of drug-likeness (QED) is 0.783. The summed E-state index contributed by atoms with van der Waals surface area (Å²) in [4.78, 5) is 15.1. The molecule has 0 N–H and O–H groups in total. The van der Waals surface area contributed by atoms with Crippen molar-refractivity contribution in [1.29, 1.82) is 0 Å². The van der Waals surface area contributed by atoms with Crippen LogP contribution in [0.2, 0.25) is 0 Å². The lowest BCUT2D eigenvalue weighted by atomic mass is 10.3. The van der Waals surface area contributed by atoms with Crippen LogP contribution in [0.5, 0.6) is 0 Å². The fourth-order valence-electron chi connectivity index (χ4n) is 1.94. The predicted octanol–water partition coefficient (Wildman–Crippen LogP) is 3.81. The van der Waals surface area contributed by atoms with Gasteiger partial charge in [0.25, 0.3) is 5.91 Å². The number of alkyl halides is 1. The monoisotopic (exact) mass is 285 g/mol. The molecule has 0 unspecified atom stereocenters. The fourth-order valence-corrected chi connectivity index (χ4v) is 4.19. The van der Waals surface area contributed by atoms with Crippen LogP contribution in [0.4, 0.5) is 0 Å². The summed E-state index contributed by atoms with van der Waals surface area (Å²) >= 11 is 9.04. The van der Waals surface area contributed by atoms with Gasteiger partial charge in [-0.15, -0.1) is 34.3 Å². The highest BCUT2D eigenvalue weighted by Crippen LogP contribution is 2.33. The normalized spacial score (nSPS) is 15.4. The summed E-state index contributed by atoms with van der Waals surface area (Å²) in [6.45, 7) is 0.663. The van der Waals surface area contributed by atoms with Crippen molar-refractivity contribution in [2.75, 3.05) is 12.4 Å². The van der Waals surface area contributed by atoms with E-state index in [1.807, 2.05) is 11.0 Å². The van der Waals surface area contributed by atoms with Crippen molar-refractivity contribution in [2.24, 2.45) is 0 Å². The number of carbonyl (C=O) groups is 1. The van der Waals surface area contributed by atoms with Crippen LogP contribution in [-0.2, 0) is 0 Å². The number of fused-ring (bicyclic) bond motifs is 1. The van der Waals surface area contributed by atoms with Crippen molar-refractivity contribution in [3.8, 4) is 0 Å². The molecule has 0 atom stereocenters. The lowest BCUT2D eigenvalue weighted by Crippen LogP contribution is -2.34. The second-order valence-electron chi connectivity index (χ2n) is 4.18. The number of hydrogen-bond donors (Lipinski definition) is 0. The van der Waals surface area contributed by atoms with Gasteiger partial charge in [-0.1, -0.05) is 0 Å². The van der Waals surface area contributed by atoms with Crippen LogP contribution in [0.15, 0.2) is 17.5 Å². The number of carbonyl (C=O) groups excluding carboxylic acids is 1. The van der Waals surface area contributed by atoms with Crippen molar-refractivity contribution in [3.05, 3.63) is 22.4 Å². The summed E-state index contributed by atoms with van der Waals surface area (Å²) < 4.78 is 2.42. The van der Waals surface area contributed by atoms with Gasteiger partial charge in [-0.2, -0.15) is 0 Å². The van der Waals surface area contributed by atoms with Crippen molar-refractivity contribution in [3.63, 3.8) is 0 Å². The molecule has 1 amide bonds. The maximum Gasteiger partial charge on any atom is 0.264 e. The first-order valence-electron chi connectivity index (χ1n) is 5.63. The molecule has 17 heavy (non-hydrogen) atoms. The highest BCUT2D eigenvalue weighted by atomic mass is 35.5. The molecule has 1 aliphatic carbocycles. The molecular formula is C12H12ClNOS2. The molecular weight excluding hydrogens is 274 g/mol. The van der Waals surface area contributed by atoms with Gasteiger partial charge in [-0.05, 0) is 30.4 Å². The predicted molar refractivity (Wildman–Crippen MR) is 74.5 cm³/mol. The number of rotatable bonds is 4. The van der Waals surface area contributed by atoms with Gasteiger partial charge in [0.15, 0.2) is 0 Å². The molecule has 1 saturated carbocycles. The van der Waals surface area contributed by atoms with Gasteiger partial charge >= 0.3 is 0 Å². The molecule has 1 aliphatic rings. The molecule has 0 radical (unpaired) electrons. The van der Waals surface area contributed by atoms with Crippen molar-refractivity contribution < 1.29 is 4.79 Å². The Bertz CT molecular complexity index is 515. The number of thiophene rings is 2. The van der Waals surface area contributed by atoms with E-state index in [4.69, 9.17) is 11.6 Å².